The van der Waals surface area contributed by atoms with E-state index in [4.69, 9.17) is 9.15 Å². The van der Waals surface area contributed by atoms with Crippen LogP contribution in [0.3, 0.4) is 0 Å². The van der Waals surface area contributed by atoms with Crippen LogP contribution in [-0.4, -0.2) is 13.0 Å². The standard InChI is InChI=1S/C21H18N2O3/c1-14-7-5-6-10-23(14)13-21(24)22-17-12-19-16(11-20(17)25-2)15-8-3-4-9-18(15)26-19/h3-12H,13H2,1-2H3/p+1. The zero-order valence-corrected chi connectivity index (χ0v) is 14.7. The van der Waals surface area contributed by atoms with Gasteiger partial charge in [-0.1, -0.05) is 24.3 Å². The van der Waals surface area contributed by atoms with Gasteiger partial charge in [0, 0.05) is 35.9 Å². The van der Waals surface area contributed by atoms with Crippen molar-refractivity contribution in [2.24, 2.45) is 0 Å². The van der Waals surface area contributed by atoms with Crippen LogP contribution in [-0.2, 0) is 11.3 Å². The van der Waals surface area contributed by atoms with Gasteiger partial charge in [-0.15, -0.1) is 0 Å². The van der Waals surface area contributed by atoms with Gasteiger partial charge in [-0.3, -0.25) is 4.79 Å². The van der Waals surface area contributed by atoms with Crippen LogP contribution < -0.4 is 14.6 Å². The second-order valence-corrected chi connectivity index (χ2v) is 6.16. The molecule has 0 saturated carbocycles. The van der Waals surface area contributed by atoms with E-state index in [1.54, 1.807) is 7.11 Å². The van der Waals surface area contributed by atoms with Crippen LogP contribution in [0.2, 0.25) is 0 Å². The van der Waals surface area contributed by atoms with Crippen molar-refractivity contribution in [3.63, 3.8) is 0 Å². The molecule has 0 atom stereocenters. The molecular formula is C21H19N2O3+. The first kappa shape index (κ1) is 16.1. The van der Waals surface area contributed by atoms with Crippen molar-refractivity contribution in [2.45, 2.75) is 13.5 Å². The molecule has 0 aliphatic rings. The summed E-state index contributed by atoms with van der Waals surface area (Å²) >= 11 is 0. The maximum atomic E-state index is 12.5. The molecule has 0 aliphatic heterocycles. The van der Waals surface area contributed by atoms with Crippen LogP contribution in [0.4, 0.5) is 5.69 Å². The number of ether oxygens (including phenoxy) is 1. The summed E-state index contributed by atoms with van der Waals surface area (Å²) in [5.74, 6) is 0.477. The van der Waals surface area contributed by atoms with E-state index in [0.29, 0.717) is 17.0 Å². The monoisotopic (exact) mass is 347 g/mol. The van der Waals surface area contributed by atoms with Crippen molar-refractivity contribution in [3.05, 3.63) is 66.5 Å². The molecule has 2 heterocycles. The summed E-state index contributed by atoms with van der Waals surface area (Å²) in [6.07, 6.45) is 1.88. The zero-order chi connectivity index (χ0) is 18.1. The molecule has 0 aliphatic carbocycles. The van der Waals surface area contributed by atoms with E-state index < -0.39 is 0 Å². The van der Waals surface area contributed by atoms with E-state index >= 15 is 0 Å². The van der Waals surface area contributed by atoms with Crippen molar-refractivity contribution >= 4 is 33.5 Å². The van der Waals surface area contributed by atoms with Gasteiger partial charge in [-0.05, 0) is 12.1 Å². The van der Waals surface area contributed by atoms with E-state index in [2.05, 4.69) is 5.32 Å². The van der Waals surface area contributed by atoms with Gasteiger partial charge in [0.05, 0.1) is 12.8 Å². The van der Waals surface area contributed by atoms with Crippen molar-refractivity contribution in [3.8, 4) is 5.75 Å². The molecule has 130 valence electrons. The van der Waals surface area contributed by atoms with Crippen LogP contribution in [0.15, 0.2) is 65.2 Å². The van der Waals surface area contributed by atoms with Crippen LogP contribution in [0.25, 0.3) is 21.9 Å². The first-order valence-corrected chi connectivity index (χ1v) is 8.40. The number of aromatic nitrogens is 1. The summed E-state index contributed by atoms with van der Waals surface area (Å²) in [5.41, 5.74) is 3.13. The van der Waals surface area contributed by atoms with Gasteiger partial charge in [-0.2, -0.15) is 4.57 Å². The Morgan fingerprint density at radius 3 is 2.69 bits per heavy atom. The molecule has 26 heavy (non-hydrogen) atoms. The van der Waals surface area contributed by atoms with E-state index in [0.717, 1.165) is 22.0 Å². The number of anilines is 1. The van der Waals surface area contributed by atoms with E-state index in [9.17, 15) is 4.79 Å². The lowest BCUT2D eigenvalue weighted by Gasteiger charge is -2.09. The highest BCUT2D eigenvalue weighted by Gasteiger charge is 2.17. The molecule has 0 bridgehead atoms. The summed E-state index contributed by atoms with van der Waals surface area (Å²) in [6, 6.07) is 17.4. The fourth-order valence-corrected chi connectivity index (χ4v) is 3.10. The molecule has 0 fully saturated rings. The fourth-order valence-electron chi connectivity index (χ4n) is 3.10. The van der Waals surface area contributed by atoms with Crippen molar-refractivity contribution < 1.29 is 18.5 Å². The van der Waals surface area contributed by atoms with E-state index in [1.165, 1.54) is 0 Å². The molecule has 1 N–H and O–H groups in total. The Kier molecular flexibility index (Phi) is 4.05. The first-order chi connectivity index (χ1) is 12.7. The fraction of sp³-hybridized carbons (Fsp3) is 0.143. The SMILES string of the molecule is COc1cc2c(cc1NC(=O)C[n+]1ccccc1C)oc1ccccc12. The average Bonchev–Trinajstić information content (AvgIpc) is 3.00. The third kappa shape index (κ3) is 2.88. The van der Waals surface area contributed by atoms with Crippen molar-refractivity contribution in [1.82, 2.24) is 0 Å². The van der Waals surface area contributed by atoms with Gasteiger partial charge in [-0.25, -0.2) is 0 Å². The Morgan fingerprint density at radius 1 is 1.08 bits per heavy atom. The molecule has 1 amide bonds. The number of carbonyl (C=O) groups excluding carboxylic acids is 1. The second-order valence-electron chi connectivity index (χ2n) is 6.16. The van der Waals surface area contributed by atoms with Gasteiger partial charge in [0.15, 0.2) is 11.9 Å². The number of furan rings is 1. The Balaban J connectivity index is 1.68. The summed E-state index contributed by atoms with van der Waals surface area (Å²) in [5, 5.41) is 4.91. The topological polar surface area (TPSA) is 55.4 Å². The highest BCUT2D eigenvalue weighted by atomic mass is 16.5. The van der Waals surface area contributed by atoms with Crippen LogP contribution >= 0.6 is 0 Å². The van der Waals surface area contributed by atoms with Crippen LogP contribution in [0.5, 0.6) is 5.75 Å². The van der Waals surface area contributed by atoms with E-state index in [1.807, 2.05) is 72.3 Å². The zero-order valence-electron chi connectivity index (χ0n) is 14.7. The number of rotatable bonds is 4. The number of para-hydroxylation sites is 1. The summed E-state index contributed by atoms with van der Waals surface area (Å²) < 4.78 is 13.3. The Labute approximate surface area is 150 Å². The highest BCUT2D eigenvalue weighted by molar-refractivity contribution is 6.07. The number of amides is 1. The number of benzene rings is 2. The van der Waals surface area contributed by atoms with Gasteiger partial charge in [0.25, 0.3) is 5.91 Å². The van der Waals surface area contributed by atoms with Gasteiger partial charge in [0.1, 0.15) is 16.9 Å². The third-order valence-corrected chi connectivity index (χ3v) is 4.45. The maximum Gasteiger partial charge on any atom is 0.290 e. The summed E-state index contributed by atoms with van der Waals surface area (Å²) in [4.78, 5) is 12.5. The number of methoxy groups -OCH3 is 1. The first-order valence-electron chi connectivity index (χ1n) is 8.40. The minimum absolute atomic E-state index is 0.127. The molecule has 4 rings (SSSR count). The minimum Gasteiger partial charge on any atom is -0.495 e. The number of nitrogens with one attached hydrogen (secondary N) is 1. The molecule has 0 radical (unpaired) electrons. The molecule has 2 aromatic heterocycles. The number of hydrogen-bond donors (Lipinski definition) is 1. The number of carbonyl (C=O) groups is 1. The summed E-state index contributed by atoms with van der Waals surface area (Å²) in [6.45, 7) is 2.20. The molecule has 2 aromatic carbocycles. The second kappa shape index (κ2) is 6.52. The third-order valence-electron chi connectivity index (χ3n) is 4.45. The number of nitrogens with zero attached hydrogens (tertiary/aromatic N) is 1. The molecule has 0 saturated heterocycles. The van der Waals surface area contributed by atoms with Crippen LogP contribution in [0, 0.1) is 6.92 Å². The largest absolute Gasteiger partial charge is 0.495 e. The van der Waals surface area contributed by atoms with E-state index in [-0.39, 0.29) is 12.5 Å². The minimum atomic E-state index is -0.127. The number of pyridine rings is 1. The smallest absolute Gasteiger partial charge is 0.290 e. The summed E-state index contributed by atoms with van der Waals surface area (Å²) in [7, 11) is 1.59. The predicted molar refractivity (Wildman–Crippen MR) is 100 cm³/mol. The molecule has 4 aromatic rings. The average molecular weight is 347 g/mol. The molecular weight excluding hydrogens is 328 g/mol. The lowest BCUT2D eigenvalue weighted by atomic mass is 10.1. The molecule has 0 spiro atoms. The van der Waals surface area contributed by atoms with Gasteiger partial charge in [0.2, 0.25) is 6.54 Å². The van der Waals surface area contributed by atoms with Crippen molar-refractivity contribution in [2.75, 3.05) is 12.4 Å². The number of hydrogen-bond acceptors (Lipinski definition) is 3. The van der Waals surface area contributed by atoms with Gasteiger partial charge >= 0.3 is 0 Å². The quantitative estimate of drug-likeness (QED) is 0.571. The lowest BCUT2D eigenvalue weighted by molar-refractivity contribution is -0.690. The molecule has 0 unspecified atom stereocenters. The predicted octanol–water partition coefficient (Wildman–Crippen LogP) is 3.83. The van der Waals surface area contributed by atoms with Crippen LogP contribution in [0.1, 0.15) is 5.69 Å². The lowest BCUT2D eigenvalue weighted by Crippen LogP contribution is -2.42. The highest BCUT2D eigenvalue weighted by Crippen LogP contribution is 2.36. The Hall–Kier alpha value is -3.34. The Bertz CT molecular complexity index is 1110. The maximum absolute atomic E-state index is 12.5. The molecule has 5 nitrogen and oxygen atoms in total. The number of fused-ring (bicyclic) bond motifs is 3. The normalized spacial score (nSPS) is 11.0. The molecule has 5 heteroatoms. The number of aryl methyl sites for hydroxylation is 1. The van der Waals surface area contributed by atoms with Gasteiger partial charge < -0.3 is 14.5 Å². The van der Waals surface area contributed by atoms with Crippen molar-refractivity contribution in [1.29, 1.82) is 0 Å². The Morgan fingerprint density at radius 2 is 1.88 bits per heavy atom.